The van der Waals surface area contributed by atoms with E-state index in [2.05, 4.69) is 10.6 Å². The summed E-state index contributed by atoms with van der Waals surface area (Å²) in [6, 6.07) is 10.6. The van der Waals surface area contributed by atoms with E-state index in [0.29, 0.717) is 18.0 Å². The maximum absolute atomic E-state index is 14.0. The SMILES string of the molecule is Fc1ccc(-c2c(-c3ccc(NCCC4CCCNCC4)c(C(F)(F)F)c3)cn3c2C3)cc1. The van der Waals surface area contributed by atoms with Gasteiger partial charge < -0.3 is 15.2 Å². The van der Waals surface area contributed by atoms with E-state index in [-0.39, 0.29) is 11.5 Å². The first kappa shape index (κ1) is 22.0. The molecule has 1 fully saturated rings. The number of halogens is 4. The minimum absolute atomic E-state index is 0.123. The van der Waals surface area contributed by atoms with Crippen molar-refractivity contribution in [2.24, 2.45) is 5.92 Å². The van der Waals surface area contributed by atoms with Gasteiger partial charge in [-0.05, 0) is 80.1 Å². The van der Waals surface area contributed by atoms with Crippen LogP contribution >= 0.6 is 0 Å². The van der Waals surface area contributed by atoms with Gasteiger partial charge in [-0.25, -0.2) is 4.39 Å². The van der Waals surface area contributed by atoms with E-state index in [0.717, 1.165) is 67.7 Å². The van der Waals surface area contributed by atoms with Crippen LogP contribution in [-0.4, -0.2) is 24.2 Å². The molecule has 3 nitrogen and oxygen atoms in total. The van der Waals surface area contributed by atoms with Crippen molar-refractivity contribution in [1.29, 1.82) is 0 Å². The van der Waals surface area contributed by atoms with Crippen molar-refractivity contribution in [3.05, 3.63) is 65.7 Å². The highest BCUT2D eigenvalue weighted by atomic mass is 19.4. The quantitative estimate of drug-likeness (QED) is 0.322. The van der Waals surface area contributed by atoms with Gasteiger partial charge in [0.2, 0.25) is 0 Å². The van der Waals surface area contributed by atoms with E-state index in [9.17, 15) is 17.6 Å². The fourth-order valence-electron chi connectivity index (χ4n) is 4.90. The molecular formula is C26H27F4N3. The maximum Gasteiger partial charge on any atom is 0.418 e. The maximum atomic E-state index is 14.0. The first-order chi connectivity index (χ1) is 15.9. The Bertz CT molecular complexity index is 1120. The van der Waals surface area contributed by atoms with Gasteiger partial charge in [0.15, 0.2) is 0 Å². The summed E-state index contributed by atoms with van der Waals surface area (Å²) in [6.07, 6.45) is 1.59. The molecule has 1 unspecified atom stereocenters. The number of aromatic nitrogens is 1. The monoisotopic (exact) mass is 457 g/mol. The number of anilines is 1. The normalized spacial score (nSPS) is 18.0. The molecule has 174 valence electrons. The molecule has 1 saturated heterocycles. The Kier molecular flexibility index (Phi) is 5.91. The predicted molar refractivity (Wildman–Crippen MR) is 123 cm³/mol. The number of alkyl halides is 3. The molecular weight excluding hydrogens is 430 g/mol. The highest BCUT2D eigenvalue weighted by molar-refractivity contribution is 5.88. The summed E-state index contributed by atoms with van der Waals surface area (Å²) in [4.78, 5) is 0. The molecule has 2 aliphatic heterocycles. The van der Waals surface area contributed by atoms with Gasteiger partial charge in [-0.1, -0.05) is 18.2 Å². The molecule has 0 aliphatic carbocycles. The van der Waals surface area contributed by atoms with Crippen molar-refractivity contribution in [3.8, 4) is 22.3 Å². The van der Waals surface area contributed by atoms with Crippen LogP contribution in [0, 0.1) is 11.7 Å². The van der Waals surface area contributed by atoms with Crippen LogP contribution in [0.1, 0.15) is 36.9 Å². The van der Waals surface area contributed by atoms with E-state index in [1.807, 2.05) is 10.8 Å². The molecule has 5 rings (SSSR count). The van der Waals surface area contributed by atoms with Crippen molar-refractivity contribution in [2.75, 3.05) is 25.0 Å². The van der Waals surface area contributed by atoms with Gasteiger partial charge in [0.1, 0.15) is 5.82 Å². The standard InChI is InChI=1S/C26H27F4N3/c27-20-6-3-18(4-7-20)25-21(15-33-16-24(25)33)19-5-8-23(22(14-19)26(28,29)30)32-13-10-17-2-1-11-31-12-9-17/h3-8,14-15,17,31-32H,1-2,9-13,16H2. The summed E-state index contributed by atoms with van der Waals surface area (Å²) in [5.74, 6) is 0.200. The molecule has 1 atom stereocenters. The lowest BCUT2D eigenvalue weighted by molar-refractivity contribution is -0.136. The molecule has 7 heteroatoms. The Morgan fingerprint density at radius 3 is 2.58 bits per heavy atom. The van der Waals surface area contributed by atoms with Crippen LogP contribution in [0.5, 0.6) is 0 Å². The van der Waals surface area contributed by atoms with Gasteiger partial charge in [-0.3, -0.25) is 0 Å². The fourth-order valence-corrected chi connectivity index (χ4v) is 4.90. The first-order valence-corrected chi connectivity index (χ1v) is 11.5. The Morgan fingerprint density at radius 1 is 1.00 bits per heavy atom. The van der Waals surface area contributed by atoms with Gasteiger partial charge in [0.25, 0.3) is 0 Å². The zero-order valence-corrected chi connectivity index (χ0v) is 18.3. The molecule has 0 spiro atoms. The molecule has 1 aromatic heterocycles. The Labute approximate surface area is 190 Å². The second-order valence-electron chi connectivity index (χ2n) is 9.02. The van der Waals surface area contributed by atoms with Gasteiger partial charge in [0, 0.05) is 35.2 Å². The van der Waals surface area contributed by atoms with Crippen molar-refractivity contribution in [1.82, 2.24) is 9.88 Å². The van der Waals surface area contributed by atoms with Gasteiger partial charge in [0.05, 0.1) is 12.1 Å². The van der Waals surface area contributed by atoms with Crippen LogP contribution in [0.3, 0.4) is 0 Å². The Balaban J connectivity index is 1.40. The van der Waals surface area contributed by atoms with Crippen LogP contribution < -0.4 is 10.6 Å². The second kappa shape index (κ2) is 8.86. The zero-order valence-electron chi connectivity index (χ0n) is 18.3. The van der Waals surface area contributed by atoms with Crippen molar-refractivity contribution < 1.29 is 17.6 Å². The van der Waals surface area contributed by atoms with Gasteiger partial charge in [-0.15, -0.1) is 0 Å². The lowest BCUT2D eigenvalue weighted by Gasteiger charge is -2.19. The molecule has 0 saturated carbocycles. The third kappa shape index (κ3) is 4.78. The van der Waals surface area contributed by atoms with Crippen LogP contribution in [-0.2, 0) is 12.7 Å². The van der Waals surface area contributed by atoms with E-state index in [1.54, 1.807) is 24.3 Å². The number of benzene rings is 2. The highest BCUT2D eigenvalue weighted by Crippen LogP contribution is 2.45. The van der Waals surface area contributed by atoms with Crippen molar-refractivity contribution in [3.63, 3.8) is 0 Å². The molecule has 0 bridgehead atoms. The molecule has 3 aromatic rings. The lowest BCUT2D eigenvalue weighted by atomic mass is 9.95. The number of fused-ring (bicyclic) bond motifs is 1. The summed E-state index contributed by atoms with van der Waals surface area (Å²) in [7, 11) is 0. The van der Waals surface area contributed by atoms with Crippen LogP contribution in [0.25, 0.3) is 22.3 Å². The number of nitrogens with zero attached hydrogens (tertiary/aromatic N) is 1. The average molecular weight is 458 g/mol. The molecule has 33 heavy (non-hydrogen) atoms. The molecule has 2 aliphatic rings. The van der Waals surface area contributed by atoms with Gasteiger partial charge >= 0.3 is 6.18 Å². The molecule has 0 amide bonds. The zero-order chi connectivity index (χ0) is 23.0. The average Bonchev–Trinajstić information content (AvgIpc) is 3.52. The molecule has 2 N–H and O–H groups in total. The summed E-state index contributed by atoms with van der Waals surface area (Å²) >= 11 is 0. The van der Waals surface area contributed by atoms with E-state index in [1.165, 1.54) is 18.2 Å². The van der Waals surface area contributed by atoms with Crippen LogP contribution in [0.2, 0.25) is 0 Å². The summed E-state index contributed by atoms with van der Waals surface area (Å²) in [5, 5.41) is 6.42. The minimum atomic E-state index is -4.46. The summed E-state index contributed by atoms with van der Waals surface area (Å²) in [5.41, 5.74) is 3.48. The lowest BCUT2D eigenvalue weighted by Crippen LogP contribution is -2.16. The van der Waals surface area contributed by atoms with Crippen molar-refractivity contribution >= 4 is 5.69 Å². The molecule has 0 radical (unpaired) electrons. The fraction of sp³-hybridized carbons (Fsp3) is 0.385. The second-order valence-corrected chi connectivity index (χ2v) is 9.02. The molecule has 3 heterocycles. The van der Waals surface area contributed by atoms with Crippen LogP contribution in [0.15, 0.2) is 48.7 Å². The topological polar surface area (TPSA) is 29.0 Å². The third-order valence-corrected chi connectivity index (χ3v) is 6.74. The largest absolute Gasteiger partial charge is 0.418 e. The number of hydrogen-bond donors (Lipinski definition) is 2. The Morgan fingerprint density at radius 2 is 1.79 bits per heavy atom. The number of hydrogen-bond acceptors (Lipinski definition) is 2. The van der Waals surface area contributed by atoms with E-state index >= 15 is 0 Å². The smallest absolute Gasteiger partial charge is 0.385 e. The minimum Gasteiger partial charge on any atom is -0.385 e. The number of nitrogens with one attached hydrogen (secondary N) is 2. The Hall–Kier alpha value is -2.80. The highest BCUT2D eigenvalue weighted by Gasteiger charge is 2.35. The van der Waals surface area contributed by atoms with Crippen LogP contribution in [0.4, 0.5) is 23.2 Å². The van der Waals surface area contributed by atoms with E-state index in [4.69, 9.17) is 0 Å². The predicted octanol–water partition coefficient (Wildman–Crippen LogP) is 6.53. The van der Waals surface area contributed by atoms with Gasteiger partial charge in [-0.2, -0.15) is 13.2 Å². The van der Waals surface area contributed by atoms with Crippen molar-refractivity contribution in [2.45, 2.75) is 38.4 Å². The summed E-state index contributed by atoms with van der Waals surface area (Å²) in [6.45, 7) is 3.28. The summed E-state index contributed by atoms with van der Waals surface area (Å²) < 4.78 is 57.3. The first-order valence-electron chi connectivity index (χ1n) is 11.5. The number of rotatable bonds is 6. The van der Waals surface area contributed by atoms with E-state index < -0.39 is 11.7 Å². The molecule has 2 aromatic carbocycles. The third-order valence-electron chi connectivity index (χ3n) is 6.74.